The number of hydrogen-bond donors (Lipinski definition) is 0. The molecule has 0 N–H and O–H groups in total. The van der Waals surface area contributed by atoms with Gasteiger partial charge in [0.15, 0.2) is 5.41 Å². The van der Waals surface area contributed by atoms with Crippen LogP contribution in [0.4, 0.5) is 0 Å². The molecule has 0 unspecified atom stereocenters. The number of hydrogen-bond acceptors (Lipinski definition) is 7. The molecule has 1 saturated carbocycles. The van der Waals surface area contributed by atoms with E-state index in [1.54, 1.807) is 0 Å². The maximum atomic E-state index is 12.7. The predicted molar refractivity (Wildman–Crippen MR) is 94.3 cm³/mol. The van der Waals surface area contributed by atoms with Crippen molar-refractivity contribution in [3.8, 4) is 0 Å². The van der Waals surface area contributed by atoms with Crippen LogP contribution in [-0.4, -0.2) is 51.9 Å². The summed E-state index contributed by atoms with van der Waals surface area (Å²) in [5.41, 5.74) is -0.290. The van der Waals surface area contributed by atoms with Crippen molar-refractivity contribution in [3.63, 3.8) is 0 Å². The molecular formula is C20H28O7. The van der Waals surface area contributed by atoms with Gasteiger partial charge in [0, 0.05) is 5.92 Å². The highest BCUT2D eigenvalue weighted by molar-refractivity contribution is 6.00. The molecule has 1 saturated heterocycles. The number of ether oxygens (including phenoxy) is 4. The number of carbonyl (C=O) groups is 3. The van der Waals surface area contributed by atoms with Crippen molar-refractivity contribution >= 4 is 17.9 Å². The van der Waals surface area contributed by atoms with Crippen LogP contribution in [0.2, 0.25) is 0 Å². The molecule has 3 rings (SSSR count). The fourth-order valence-electron chi connectivity index (χ4n) is 5.31. The maximum Gasteiger partial charge on any atom is 0.323 e. The number of allylic oxidation sites excluding steroid dienone is 1. The zero-order chi connectivity index (χ0) is 19.9. The highest BCUT2D eigenvalue weighted by Gasteiger charge is 2.62. The predicted octanol–water partition coefficient (Wildman–Crippen LogP) is 1.75. The largest absolute Gasteiger partial charge is 0.469 e. The molecule has 150 valence electrons. The molecular weight excluding hydrogens is 352 g/mol. The molecule has 0 aromatic carbocycles. The van der Waals surface area contributed by atoms with E-state index in [2.05, 4.69) is 19.9 Å². The van der Waals surface area contributed by atoms with Gasteiger partial charge < -0.3 is 18.9 Å². The van der Waals surface area contributed by atoms with Crippen molar-refractivity contribution in [2.24, 2.45) is 35.0 Å². The minimum absolute atomic E-state index is 0.0608. The van der Waals surface area contributed by atoms with E-state index in [1.165, 1.54) is 21.3 Å². The maximum absolute atomic E-state index is 12.7. The van der Waals surface area contributed by atoms with Crippen LogP contribution in [0.25, 0.3) is 0 Å². The molecule has 3 aliphatic rings. The lowest BCUT2D eigenvalue weighted by molar-refractivity contribution is -0.169. The fourth-order valence-corrected chi connectivity index (χ4v) is 5.31. The molecule has 2 aliphatic carbocycles. The van der Waals surface area contributed by atoms with Crippen LogP contribution in [0.1, 0.15) is 26.7 Å². The van der Waals surface area contributed by atoms with E-state index < -0.39 is 23.3 Å². The second kappa shape index (κ2) is 7.26. The normalized spacial score (nSPS) is 33.7. The SMILES string of the molecule is COC(=O)[C@H]1[C@@H]2CC(C(=O)OC)(C(=O)OC)C[C@H]2C=C2[C@H](C(C)C)OC[C@H]21. The zero-order valence-corrected chi connectivity index (χ0v) is 16.5. The summed E-state index contributed by atoms with van der Waals surface area (Å²) < 4.78 is 21.0. The first-order chi connectivity index (χ1) is 12.8. The summed E-state index contributed by atoms with van der Waals surface area (Å²) >= 11 is 0. The molecule has 0 aromatic heterocycles. The van der Waals surface area contributed by atoms with Gasteiger partial charge in [-0.1, -0.05) is 19.9 Å². The Kier molecular flexibility index (Phi) is 5.34. The van der Waals surface area contributed by atoms with E-state index in [0.29, 0.717) is 6.61 Å². The summed E-state index contributed by atoms with van der Waals surface area (Å²) in [4.78, 5) is 37.8. The first kappa shape index (κ1) is 19.9. The third kappa shape index (κ3) is 2.96. The first-order valence-corrected chi connectivity index (χ1v) is 9.38. The van der Waals surface area contributed by atoms with Gasteiger partial charge in [-0.05, 0) is 36.2 Å². The molecule has 1 heterocycles. The van der Waals surface area contributed by atoms with Crippen molar-refractivity contribution in [1.29, 1.82) is 0 Å². The Morgan fingerprint density at radius 2 is 1.70 bits per heavy atom. The van der Waals surface area contributed by atoms with Crippen LogP contribution in [0.5, 0.6) is 0 Å². The van der Waals surface area contributed by atoms with Crippen molar-refractivity contribution in [1.82, 2.24) is 0 Å². The number of methoxy groups -OCH3 is 3. The Hall–Kier alpha value is -1.89. The zero-order valence-electron chi connectivity index (χ0n) is 16.5. The minimum Gasteiger partial charge on any atom is -0.469 e. The monoisotopic (exact) mass is 380 g/mol. The van der Waals surface area contributed by atoms with E-state index in [0.717, 1.165) is 5.57 Å². The Bertz CT molecular complexity index is 649. The highest BCUT2D eigenvalue weighted by atomic mass is 16.5. The van der Waals surface area contributed by atoms with E-state index in [9.17, 15) is 14.4 Å². The summed E-state index contributed by atoms with van der Waals surface area (Å²) in [6.07, 6.45) is 2.55. The van der Waals surface area contributed by atoms with E-state index in [-0.39, 0.29) is 48.6 Å². The van der Waals surface area contributed by atoms with Crippen LogP contribution < -0.4 is 0 Å². The molecule has 0 spiro atoms. The van der Waals surface area contributed by atoms with E-state index in [4.69, 9.17) is 18.9 Å². The molecule has 0 bridgehead atoms. The molecule has 0 aromatic rings. The summed E-state index contributed by atoms with van der Waals surface area (Å²) in [6, 6.07) is 0. The van der Waals surface area contributed by atoms with Crippen LogP contribution in [0, 0.1) is 35.0 Å². The average molecular weight is 380 g/mol. The molecule has 2 fully saturated rings. The van der Waals surface area contributed by atoms with Gasteiger partial charge in [0.2, 0.25) is 0 Å². The van der Waals surface area contributed by atoms with Gasteiger partial charge in [-0.15, -0.1) is 0 Å². The molecule has 0 radical (unpaired) electrons. The van der Waals surface area contributed by atoms with Crippen molar-refractivity contribution in [2.75, 3.05) is 27.9 Å². The number of rotatable bonds is 4. The molecule has 7 nitrogen and oxygen atoms in total. The van der Waals surface area contributed by atoms with Gasteiger partial charge in [-0.25, -0.2) is 0 Å². The first-order valence-electron chi connectivity index (χ1n) is 9.38. The second-order valence-electron chi connectivity index (χ2n) is 8.12. The smallest absolute Gasteiger partial charge is 0.323 e. The number of esters is 3. The Morgan fingerprint density at radius 1 is 1.07 bits per heavy atom. The van der Waals surface area contributed by atoms with Crippen LogP contribution in [0.3, 0.4) is 0 Å². The van der Waals surface area contributed by atoms with Crippen molar-refractivity contribution in [3.05, 3.63) is 11.6 Å². The lowest BCUT2D eigenvalue weighted by Gasteiger charge is -2.35. The van der Waals surface area contributed by atoms with Crippen LogP contribution in [0.15, 0.2) is 11.6 Å². The summed E-state index contributed by atoms with van der Waals surface area (Å²) in [5.74, 6) is -2.10. The molecule has 27 heavy (non-hydrogen) atoms. The topological polar surface area (TPSA) is 88.1 Å². The standard InChI is InChI=1S/C20H28O7/c1-10(2)16-12-6-11-7-20(18(22)25-4,19(23)26-5)8-13(11)15(17(21)24-3)14(12)9-27-16/h6,10-11,13-16H,7-9H2,1-5H3/t11-,13-,14-,15+,16+/m1/s1. The Balaban J connectivity index is 2.05. The summed E-state index contributed by atoms with van der Waals surface area (Å²) in [6.45, 7) is 4.60. The summed E-state index contributed by atoms with van der Waals surface area (Å²) in [5, 5.41) is 0. The average Bonchev–Trinajstić information content (AvgIpc) is 3.25. The third-order valence-electron chi connectivity index (χ3n) is 6.46. The third-order valence-corrected chi connectivity index (χ3v) is 6.46. The van der Waals surface area contributed by atoms with Gasteiger partial charge in [0.05, 0.1) is 40.0 Å². The molecule has 0 amide bonds. The summed E-state index contributed by atoms with van der Waals surface area (Å²) in [7, 11) is 3.90. The lowest BCUT2D eigenvalue weighted by atomic mass is 9.67. The second-order valence-corrected chi connectivity index (χ2v) is 8.12. The quantitative estimate of drug-likeness (QED) is 0.318. The minimum atomic E-state index is -1.38. The van der Waals surface area contributed by atoms with E-state index in [1.807, 2.05) is 0 Å². The van der Waals surface area contributed by atoms with Crippen molar-refractivity contribution in [2.45, 2.75) is 32.8 Å². The van der Waals surface area contributed by atoms with Gasteiger partial charge in [0.25, 0.3) is 0 Å². The molecule has 7 heteroatoms. The van der Waals surface area contributed by atoms with E-state index >= 15 is 0 Å². The fraction of sp³-hybridized carbons (Fsp3) is 0.750. The number of carbonyl (C=O) groups excluding carboxylic acids is 3. The number of fused-ring (bicyclic) bond motifs is 2. The van der Waals surface area contributed by atoms with Crippen LogP contribution >= 0.6 is 0 Å². The molecule has 1 aliphatic heterocycles. The van der Waals surface area contributed by atoms with Gasteiger partial charge in [0.1, 0.15) is 0 Å². The Morgan fingerprint density at radius 3 is 2.22 bits per heavy atom. The van der Waals surface area contributed by atoms with Crippen molar-refractivity contribution < 1.29 is 33.3 Å². The Labute approximate surface area is 159 Å². The van der Waals surface area contributed by atoms with Gasteiger partial charge >= 0.3 is 17.9 Å². The lowest BCUT2D eigenvalue weighted by Crippen LogP contribution is -2.41. The highest BCUT2D eigenvalue weighted by Crippen LogP contribution is 2.57. The van der Waals surface area contributed by atoms with Gasteiger partial charge in [-0.3, -0.25) is 14.4 Å². The van der Waals surface area contributed by atoms with Gasteiger partial charge in [-0.2, -0.15) is 0 Å². The van der Waals surface area contributed by atoms with Crippen LogP contribution in [-0.2, 0) is 33.3 Å². The molecule has 5 atom stereocenters.